The van der Waals surface area contributed by atoms with Crippen LogP contribution in [-0.4, -0.2) is 43.6 Å². The molecule has 0 atom stereocenters. The van der Waals surface area contributed by atoms with Gasteiger partial charge < -0.3 is 0 Å². The van der Waals surface area contributed by atoms with E-state index in [-0.39, 0.29) is 11.7 Å². The molecule has 0 spiro atoms. The highest BCUT2D eigenvalue weighted by Gasteiger charge is 2.17. The van der Waals surface area contributed by atoms with Crippen LogP contribution in [-0.2, 0) is 22.1 Å². The van der Waals surface area contributed by atoms with Crippen LogP contribution in [0.3, 0.4) is 0 Å². The van der Waals surface area contributed by atoms with E-state index in [1.54, 1.807) is 24.3 Å². The summed E-state index contributed by atoms with van der Waals surface area (Å²) in [5, 5.41) is 5.36. The Balaban J connectivity index is 1.60. The maximum Gasteiger partial charge on any atom is 0.257 e. The number of likely N-dealkylation sites (tertiary alicyclic amines) is 1. The molecule has 0 aliphatic carbocycles. The number of benzene rings is 1. The van der Waals surface area contributed by atoms with Crippen molar-refractivity contribution < 1.29 is 13.2 Å². The second-order valence-electron chi connectivity index (χ2n) is 7.33. The van der Waals surface area contributed by atoms with E-state index in [4.69, 9.17) is 0 Å². The molecule has 0 unspecified atom stereocenters. The molecule has 8 heteroatoms. The first-order chi connectivity index (χ1) is 12.8. The quantitative estimate of drug-likeness (QED) is 0.796. The number of carbonyl (C=O) groups excluding carboxylic acids is 1. The first-order valence-electron chi connectivity index (χ1n) is 9.03. The second kappa shape index (κ2) is 8.50. The number of carbonyl (C=O) groups is 1. The van der Waals surface area contributed by atoms with Gasteiger partial charge in [-0.3, -0.25) is 15.0 Å². The molecule has 1 aromatic carbocycles. The van der Waals surface area contributed by atoms with E-state index in [1.165, 1.54) is 30.4 Å². The van der Waals surface area contributed by atoms with Crippen molar-refractivity contribution in [2.24, 2.45) is 5.92 Å². The molecule has 6 nitrogen and oxygen atoms in total. The van der Waals surface area contributed by atoms with Crippen molar-refractivity contribution in [1.82, 2.24) is 9.88 Å². The SMILES string of the molecule is CC1CCN(Cc2csc(NC(=O)c3cccc(CS(C)(=O)=O)c3)n2)CC1. The number of hydrogen-bond donors (Lipinski definition) is 1. The zero-order valence-electron chi connectivity index (χ0n) is 15.6. The zero-order chi connectivity index (χ0) is 19.4. The van der Waals surface area contributed by atoms with E-state index in [0.29, 0.717) is 16.3 Å². The van der Waals surface area contributed by atoms with Gasteiger partial charge in [0.2, 0.25) is 0 Å². The van der Waals surface area contributed by atoms with Gasteiger partial charge in [-0.25, -0.2) is 13.4 Å². The van der Waals surface area contributed by atoms with Gasteiger partial charge in [0.05, 0.1) is 11.4 Å². The van der Waals surface area contributed by atoms with Crippen LogP contribution < -0.4 is 5.32 Å². The number of piperidine rings is 1. The van der Waals surface area contributed by atoms with Crippen LogP contribution in [0.4, 0.5) is 5.13 Å². The Hall–Kier alpha value is -1.77. The lowest BCUT2D eigenvalue weighted by molar-refractivity contribution is 0.102. The number of hydrogen-bond acceptors (Lipinski definition) is 6. The van der Waals surface area contributed by atoms with Gasteiger partial charge in [0.25, 0.3) is 5.91 Å². The number of anilines is 1. The number of aromatic nitrogens is 1. The molecule has 1 aliphatic heterocycles. The van der Waals surface area contributed by atoms with Crippen LogP contribution in [0, 0.1) is 5.92 Å². The molecule has 1 saturated heterocycles. The van der Waals surface area contributed by atoms with Gasteiger partial charge in [0, 0.05) is 23.7 Å². The smallest absolute Gasteiger partial charge is 0.257 e. The van der Waals surface area contributed by atoms with E-state index in [0.717, 1.165) is 31.2 Å². The summed E-state index contributed by atoms with van der Waals surface area (Å²) < 4.78 is 22.9. The number of nitrogens with one attached hydrogen (secondary N) is 1. The van der Waals surface area contributed by atoms with Crippen LogP contribution in [0.2, 0.25) is 0 Å². The van der Waals surface area contributed by atoms with Crippen LogP contribution in [0.1, 0.15) is 41.4 Å². The highest BCUT2D eigenvalue weighted by molar-refractivity contribution is 7.89. The van der Waals surface area contributed by atoms with Crippen molar-refractivity contribution in [2.45, 2.75) is 32.1 Å². The van der Waals surface area contributed by atoms with Crippen LogP contribution in [0.15, 0.2) is 29.6 Å². The summed E-state index contributed by atoms with van der Waals surface area (Å²) in [6.45, 7) is 5.28. The van der Waals surface area contributed by atoms with Crippen molar-refractivity contribution in [3.05, 3.63) is 46.5 Å². The molecule has 2 heterocycles. The van der Waals surface area contributed by atoms with Crippen LogP contribution in [0.25, 0.3) is 0 Å². The predicted molar refractivity (Wildman–Crippen MR) is 109 cm³/mol. The average molecular weight is 408 g/mol. The standard InChI is InChI=1S/C19H25N3O3S2/c1-14-6-8-22(9-7-14)11-17-12-26-19(20-17)21-18(23)16-5-3-4-15(10-16)13-27(2,24)25/h3-5,10,12,14H,6-9,11,13H2,1-2H3,(H,20,21,23). The van der Waals surface area contributed by atoms with Gasteiger partial charge >= 0.3 is 0 Å². The minimum absolute atomic E-state index is 0.0794. The van der Waals surface area contributed by atoms with Gasteiger partial charge in [-0.15, -0.1) is 11.3 Å². The molecule has 27 heavy (non-hydrogen) atoms. The number of thiazole rings is 1. The fraction of sp³-hybridized carbons (Fsp3) is 0.474. The molecule has 1 amide bonds. The summed E-state index contributed by atoms with van der Waals surface area (Å²) in [6.07, 6.45) is 3.62. The van der Waals surface area contributed by atoms with Crippen molar-refractivity contribution in [3.63, 3.8) is 0 Å². The summed E-state index contributed by atoms with van der Waals surface area (Å²) in [6, 6.07) is 6.68. The number of amides is 1. The Morgan fingerprint density at radius 2 is 2.07 bits per heavy atom. The van der Waals surface area contributed by atoms with E-state index in [2.05, 4.69) is 22.1 Å². The summed E-state index contributed by atoms with van der Waals surface area (Å²) in [7, 11) is -3.14. The summed E-state index contributed by atoms with van der Waals surface area (Å²) in [5.74, 6) is 0.437. The average Bonchev–Trinajstić information content (AvgIpc) is 3.02. The van der Waals surface area contributed by atoms with Gasteiger partial charge in [-0.2, -0.15) is 0 Å². The lowest BCUT2D eigenvalue weighted by Crippen LogP contribution is -2.32. The minimum atomic E-state index is -3.14. The molecular weight excluding hydrogens is 382 g/mol. The third kappa shape index (κ3) is 6.12. The van der Waals surface area contributed by atoms with E-state index in [1.807, 2.05) is 5.38 Å². The minimum Gasteiger partial charge on any atom is -0.298 e. The monoisotopic (exact) mass is 407 g/mol. The first kappa shape index (κ1) is 20.0. The van der Waals surface area contributed by atoms with Crippen LogP contribution >= 0.6 is 11.3 Å². The van der Waals surface area contributed by atoms with Gasteiger partial charge in [-0.05, 0) is 49.5 Å². The molecule has 0 bridgehead atoms. The van der Waals surface area contributed by atoms with Crippen molar-refractivity contribution in [3.8, 4) is 0 Å². The van der Waals surface area contributed by atoms with Gasteiger partial charge in [-0.1, -0.05) is 19.1 Å². The lowest BCUT2D eigenvalue weighted by atomic mass is 9.99. The Kier molecular flexibility index (Phi) is 6.29. The fourth-order valence-electron chi connectivity index (χ4n) is 3.16. The highest BCUT2D eigenvalue weighted by Crippen LogP contribution is 2.21. The molecular formula is C19H25N3O3S2. The molecule has 1 aromatic heterocycles. The van der Waals surface area contributed by atoms with E-state index >= 15 is 0 Å². The number of rotatable bonds is 6. The normalized spacial score (nSPS) is 16.4. The molecule has 1 aliphatic rings. The summed E-state index contributed by atoms with van der Waals surface area (Å²) in [5.41, 5.74) is 2.00. The molecule has 1 N–H and O–H groups in total. The maximum absolute atomic E-state index is 12.5. The molecule has 0 saturated carbocycles. The Morgan fingerprint density at radius 1 is 1.33 bits per heavy atom. The Bertz CT molecular complexity index is 900. The third-order valence-corrected chi connectivity index (χ3v) is 6.32. The second-order valence-corrected chi connectivity index (χ2v) is 10.3. The Labute approximate surface area is 164 Å². The topological polar surface area (TPSA) is 79.4 Å². The lowest BCUT2D eigenvalue weighted by Gasteiger charge is -2.29. The number of nitrogens with zero attached hydrogens (tertiary/aromatic N) is 2. The largest absolute Gasteiger partial charge is 0.298 e. The third-order valence-electron chi connectivity index (χ3n) is 4.65. The fourth-order valence-corrected chi connectivity index (χ4v) is 4.64. The van der Waals surface area contributed by atoms with E-state index < -0.39 is 9.84 Å². The molecule has 2 aromatic rings. The molecule has 1 fully saturated rings. The van der Waals surface area contributed by atoms with Gasteiger partial charge in [0.15, 0.2) is 15.0 Å². The Morgan fingerprint density at radius 3 is 2.78 bits per heavy atom. The molecule has 3 rings (SSSR count). The van der Waals surface area contributed by atoms with E-state index in [9.17, 15) is 13.2 Å². The van der Waals surface area contributed by atoms with Crippen molar-refractivity contribution in [1.29, 1.82) is 0 Å². The molecule has 0 radical (unpaired) electrons. The number of sulfone groups is 1. The van der Waals surface area contributed by atoms with Gasteiger partial charge in [0.1, 0.15) is 0 Å². The highest BCUT2D eigenvalue weighted by atomic mass is 32.2. The predicted octanol–water partition coefficient (Wildman–Crippen LogP) is 3.17. The first-order valence-corrected chi connectivity index (χ1v) is 12.0. The maximum atomic E-state index is 12.5. The summed E-state index contributed by atoms with van der Waals surface area (Å²) >= 11 is 1.41. The summed E-state index contributed by atoms with van der Waals surface area (Å²) in [4.78, 5) is 19.4. The molecule has 146 valence electrons. The van der Waals surface area contributed by atoms with Crippen molar-refractivity contribution >= 4 is 32.2 Å². The van der Waals surface area contributed by atoms with Crippen molar-refractivity contribution in [2.75, 3.05) is 24.7 Å². The van der Waals surface area contributed by atoms with Crippen LogP contribution in [0.5, 0.6) is 0 Å². The zero-order valence-corrected chi connectivity index (χ0v) is 17.3.